The number of piperazine rings is 1. The van der Waals surface area contributed by atoms with Gasteiger partial charge >= 0.3 is 0 Å². The number of sulfonamides is 1. The van der Waals surface area contributed by atoms with Crippen LogP contribution < -0.4 is 23.8 Å². The fourth-order valence-electron chi connectivity index (χ4n) is 3.42. The van der Waals surface area contributed by atoms with Gasteiger partial charge in [-0.3, -0.25) is 4.79 Å². The molecule has 1 aliphatic heterocycles. The average Bonchev–Trinajstić information content (AvgIpc) is 2.82. The fourth-order valence-corrected chi connectivity index (χ4v) is 4.41. The van der Waals surface area contributed by atoms with Gasteiger partial charge in [0.05, 0.1) is 38.5 Å². The predicted molar refractivity (Wildman–Crippen MR) is 117 cm³/mol. The van der Waals surface area contributed by atoms with E-state index in [1.54, 1.807) is 12.0 Å². The second kappa shape index (κ2) is 9.88. The molecule has 0 aromatic heterocycles. The standard InChI is InChI=1S/C21H27N3O6S/c1-28-18-7-5-4-6-17(18)23-10-12-24(13-11-23)21(25)15-22-31(26,27)16-8-9-19(29-2)20(14-16)30-3/h4-9,14,22H,10-13,15H2,1-3H3. The van der Waals surface area contributed by atoms with E-state index >= 15 is 0 Å². The molecule has 1 amide bonds. The van der Waals surface area contributed by atoms with Gasteiger partial charge in [-0.05, 0) is 24.3 Å². The Labute approximate surface area is 182 Å². The van der Waals surface area contributed by atoms with Crippen LogP contribution in [0.4, 0.5) is 5.69 Å². The first-order chi connectivity index (χ1) is 14.9. The molecule has 31 heavy (non-hydrogen) atoms. The Kier molecular flexibility index (Phi) is 7.24. The van der Waals surface area contributed by atoms with Gasteiger partial charge in [-0.2, -0.15) is 0 Å². The number of carbonyl (C=O) groups excluding carboxylic acids is 1. The summed E-state index contributed by atoms with van der Waals surface area (Å²) >= 11 is 0. The summed E-state index contributed by atoms with van der Waals surface area (Å²) < 4.78 is 43.2. The van der Waals surface area contributed by atoms with Gasteiger partial charge in [0, 0.05) is 32.2 Å². The monoisotopic (exact) mass is 449 g/mol. The topological polar surface area (TPSA) is 97.4 Å². The molecule has 1 aliphatic rings. The summed E-state index contributed by atoms with van der Waals surface area (Å²) in [6, 6.07) is 12.0. The number of amides is 1. The normalized spacial score (nSPS) is 14.3. The summed E-state index contributed by atoms with van der Waals surface area (Å²) in [6.45, 7) is 1.94. The van der Waals surface area contributed by atoms with Crippen molar-refractivity contribution in [2.24, 2.45) is 0 Å². The molecular weight excluding hydrogens is 422 g/mol. The third-order valence-corrected chi connectivity index (χ3v) is 6.54. The number of nitrogens with one attached hydrogen (secondary N) is 1. The van der Waals surface area contributed by atoms with Gasteiger partial charge in [-0.25, -0.2) is 13.1 Å². The van der Waals surface area contributed by atoms with Crippen molar-refractivity contribution in [1.29, 1.82) is 0 Å². The molecule has 1 N–H and O–H groups in total. The van der Waals surface area contributed by atoms with Crippen molar-refractivity contribution >= 4 is 21.6 Å². The smallest absolute Gasteiger partial charge is 0.241 e. The van der Waals surface area contributed by atoms with E-state index in [0.717, 1.165) is 11.4 Å². The lowest BCUT2D eigenvalue weighted by Gasteiger charge is -2.36. The third-order valence-electron chi connectivity index (χ3n) is 5.14. The number of nitrogens with zero attached hydrogens (tertiary/aromatic N) is 2. The summed E-state index contributed by atoms with van der Waals surface area (Å²) in [5, 5.41) is 0. The summed E-state index contributed by atoms with van der Waals surface area (Å²) in [5.41, 5.74) is 0.978. The van der Waals surface area contributed by atoms with Crippen molar-refractivity contribution in [3.05, 3.63) is 42.5 Å². The van der Waals surface area contributed by atoms with Crippen LogP contribution in [0.2, 0.25) is 0 Å². The van der Waals surface area contributed by atoms with Gasteiger partial charge in [-0.1, -0.05) is 12.1 Å². The highest BCUT2D eigenvalue weighted by Crippen LogP contribution is 2.30. The predicted octanol–water partition coefficient (Wildman–Crippen LogP) is 1.34. The van der Waals surface area contributed by atoms with E-state index in [4.69, 9.17) is 14.2 Å². The lowest BCUT2D eigenvalue weighted by Crippen LogP contribution is -2.51. The van der Waals surface area contributed by atoms with E-state index < -0.39 is 10.0 Å². The minimum atomic E-state index is -3.87. The molecule has 0 unspecified atom stereocenters. The summed E-state index contributed by atoms with van der Waals surface area (Å²) in [5.74, 6) is 1.23. The average molecular weight is 450 g/mol. The number of carbonyl (C=O) groups is 1. The van der Waals surface area contributed by atoms with Crippen LogP contribution in [-0.4, -0.2) is 73.3 Å². The maximum absolute atomic E-state index is 12.6. The highest BCUT2D eigenvalue weighted by molar-refractivity contribution is 7.89. The van der Waals surface area contributed by atoms with Gasteiger partial charge in [0.2, 0.25) is 15.9 Å². The Morgan fingerprint density at radius 1 is 0.903 bits per heavy atom. The molecule has 3 rings (SSSR count). The van der Waals surface area contributed by atoms with Crippen LogP contribution >= 0.6 is 0 Å². The molecule has 0 atom stereocenters. The number of methoxy groups -OCH3 is 3. The molecule has 0 spiro atoms. The van der Waals surface area contributed by atoms with Crippen LogP contribution in [0, 0.1) is 0 Å². The molecular formula is C21H27N3O6S. The second-order valence-corrected chi connectivity index (χ2v) is 8.65. The fraction of sp³-hybridized carbons (Fsp3) is 0.381. The Hall–Kier alpha value is -2.98. The number of ether oxygens (including phenoxy) is 3. The lowest BCUT2D eigenvalue weighted by atomic mass is 10.2. The maximum Gasteiger partial charge on any atom is 0.241 e. The number of rotatable bonds is 8. The van der Waals surface area contributed by atoms with Crippen molar-refractivity contribution in [1.82, 2.24) is 9.62 Å². The Morgan fingerprint density at radius 2 is 1.55 bits per heavy atom. The van der Waals surface area contributed by atoms with Gasteiger partial charge in [0.15, 0.2) is 11.5 Å². The highest BCUT2D eigenvalue weighted by Gasteiger charge is 2.24. The van der Waals surface area contributed by atoms with E-state index in [1.165, 1.54) is 32.4 Å². The maximum atomic E-state index is 12.6. The molecule has 9 nitrogen and oxygen atoms in total. The van der Waals surface area contributed by atoms with Crippen LogP contribution in [0.1, 0.15) is 0 Å². The van der Waals surface area contributed by atoms with Crippen LogP contribution in [-0.2, 0) is 14.8 Å². The van der Waals surface area contributed by atoms with Gasteiger partial charge < -0.3 is 24.0 Å². The van der Waals surface area contributed by atoms with Crippen molar-refractivity contribution in [2.45, 2.75) is 4.90 Å². The van der Waals surface area contributed by atoms with Crippen molar-refractivity contribution in [3.8, 4) is 17.2 Å². The Morgan fingerprint density at radius 3 is 2.19 bits per heavy atom. The zero-order valence-corrected chi connectivity index (χ0v) is 18.6. The van der Waals surface area contributed by atoms with Crippen molar-refractivity contribution < 1.29 is 27.4 Å². The number of benzene rings is 2. The van der Waals surface area contributed by atoms with E-state index in [9.17, 15) is 13.2 Å². The largest absolute Gasteiger partial charge is 0.495 e. The highest BCUT2D eigenvalue weighted by atomic mass is 32.2. The molecule has 0 saturated carbocycles. The van der Waals surface area contributed by atoms with E-state index in [0.29, 0.717) is 37.7 Å². The molecule has 1 heterocycles. The first-order valence-electron chi connectivity index (χ1n) is 9.77. The third kappa shape index (κ3) is 5.20. The summed E-state index contributed by atoms with van der Waals surface area (Å²) in [4.78, 5) is 16.4. The molecule has 10 heteroatoms. The molecule has 2 aromatic carbocycles. The quantitative estimate of drug-likeness (QED) is 0.650. The molecule has 0 aliphatic carbocycles. The van der Waals surface area contributed by atoms with Gasteiger partial charge in [0.1, 0.15) is 5.75 Å². The van der Waals surface area contributed by atoms with E-state index in [-0.39, 0.29) is 17.3 Å². The molecule has 0 bridgehead atoms. The van der Waals surface area contributed by atoms with E-state index in [2.05, 4.69) is 9.62 Å². The van der Waals surface area contributed by atoms with Crippen molar-refractivity contribution in [2.75, 3.05) is 59.0 Å². The lowest BCUT2D eigenvalue weighted by molar-refractivity contribution is -0.130. The molecule has 2 aromatic rings. The van der Waals surface area contributed by atoms with Crippen LogP contribution in [0.5, 0.6) is 17.2 Å². The second-order valence-electron chi connectivity index (χ2n) is 6.88. The Bertz CT molecular complexity index is 1020. The van der Waals surface area contributed by atoms with Crippen molar-refractivity contribution in [3.63, 3.8) is 0 Å². The summed E-state index contributed by atoms with van der Waals surface area (Å²) in [7, 11) is 0.649. The zero-order valence-electron chi connectivity index (χ0n) is 17.8. The number of hydrogen-bond donors (Lipinski definition) is 1. The molecule has 1 fully saturated rings. The van der Waals surface area contributed by atoms with Crippen LogP contribution in [0.25, 0.3) is 0 Å². The molecule has 0 radical (unpaired) electrons. The Balaban J connectivity index is 1.58. The van der Waals surface area contributed by atoms with Crippen LogP contribution in [0.3, 0.4) is 0 Å². The number of anilines is 1. The minimum Gasteiger partial charge on any atom is -0.495 e. The first kappa shape index (κ1) is 22.7. The first-order valence-corrected chi connectivity index (χ1v) is 11.3. The zero-order chi connectivity index (χ0) is 22.4. The summed E-state index contributed by atoms with van der Waals surface area (Å²) in [6.07, 6.45) is 0. The van der Waals surface area contributed by atoms with Gasteiger partial charge in [0.25, 0.3) is 0 Å². The van der Waals surface area contributed by atoms with E-state index in [1.807, 2.05) is 24.3 Å². The SMILES string of the molecule is COc1ccc(S(=O)(=O)NCC(=O)N2CCN(c3ccccc3OC)CC2)cc1OC. The molecule has 1 saturated heterocycles. The number of hydrogen-bond acceptors (Lipinski definition) is 7. The van der Waals surface area contributed by atoms with Crippen LogP contribution in [0.15, 0.2) is 47.4 Å². The molecule has 168 valence electrons. The van der Waals surface area contributed by atoms with Gasteiger partial charge in [-0.15, -0.1) is 0 Å². The number of para-hydroxylation sites is 2. The minimum absolute atomic E-state index is 0.000980.